The Morgan fingerprint density at radius 3 is 2.71 bits per heavy atom. The smallest absolute Gasteiger partial charge is 0.0969 e. The van der Waals surface area contributed by atoms with Gasteiger partial charge in [-0.1, -0.05) is 24.3 Å². The molecule has 1 atom stereocenters. The van der Waals surface area contributed by atoms with E-state index in [9.17, 15) is 0 Å². The zero-order valence-electron chi connectivity index (χ0n) is 11.8. The molecule has 3 rings (SSSR count). The van der Waals surface area contributed by atoms with Crippen LogP contribution in [0.25, 0.3) is 5.69 Å². The van der Waals surface area contributed by atoms with E-state index in [-0.39, 0.29) is 6.04 Å². The fourth-order valence-electron chi connectivity index (χ4n) is 2.07. The van der Waals surface area contributed by atoms with Gasteiger partial charge in [-0.05, 0) is 30.7 Å². The molecule has 0 spiro atoms. The van der Waals surface area contributed by atoms with Crippen molar-refractivity contribution in [3.05, 3.63) is 72.3 Å². The molecule has 0 aliphatic rings. The molecule has 1 N–H and O–H groups in total. The van der Waals surface area contributed by atoms with E-state index in [0.29, 0.717) is 6.54 Å². The van der Waals surface area contributed by atoms with Gasteiger partial charge in [0.1, 0.15) is 0 Å². The summed E-state index contributed by atoms with van der Waals surface area (Å²) in [5.41, 5.74) is 3.03. The van der Waals surface area contributed by atoms with E-state index < -0.39 is 0 Å². The molecular weight excluding hydrogens is 262 g/mol. The minimum Gasteiger partial charge on any atom is -0.304 e. The van der Waals surface area contributed by atoms with Crippen LogP contribution in [0, 0.1) is 0 Å². The molecule has 2 aromatic heterocycles. The van der Waals surface area contributed by atoms with Crippen molar-refractivity contribution in [3.63, 3.8) is 0 Å². The molecule has 2 heterocycles. The second-order valence-electron chi connectivity index (χ2n) is 4.85. The Morgan fingerprint density at radius 2 is 1.95 bits per heavy atom. The van der Waals surface area contributed by atoms with Crippen LogP contribution in [0.3, 0.4) is 0 Å². The first-order chi connectivity index (χ1) is 10.3. The number of para-hydroxylation sites is 1. The number of hydrogen-bond acceptors (Lipinski definition) is 4. The number of rotatable bonds is 5. The average Bonchev–Trinajstić information content (AvgIpc) is 3.03. The number of hydrogen-bond donors (Lipinski definition) is 1. The van der Waals surface area contributed by atoms with E-state index in [4.69, 9.17) is 0 Å². The van der Waals surface area contributed by atoms with Crippen molar-refractivity contribution in [3.8, 4) is 5.69 Å². The molecule has 0 aliphatic heterocycles. The van der Waals surface area contributed by atoms with Crippen LogP contribution in [0.5, 0.6) is 0 Å². The van der Waals surface area contributed by atoms with Gasteiger partial charge in [0.15, 0.2) is 0 Å². The predicted molar refractivity (Wildman–Crippen MR) is 80.9 cm³/mol. The van der Waals surface area contributed by atoms with Crippen LogP contribution in [-0.4, -0.2) is 20.0 Å². The van der Waals surface area contributed by atoms with Crippen LogP contribution in [0.1, 0.15) is 24.2 Å². The van der Waals surface area contributed by atoms with Crippen LogP contribution >= 0.6 is 0 Å². The summed E-state index contributed by atoms with van der Waals surface area (Å²) in [7, 11) is 0. The standard InChI is InChI=1S/C16H17N5/c1-13(14-6-5-9-17-10-14)18-11-15-12-19-21(20-15)16-7-3-2-4-8-16/h2-10,12-13,18H,11H2,1H3. The van der Waals surface area contributed by atoms with Gasteiger partial charge in [0, 0.05) is 25.0 Å². The molecule has 0 radical (unpaired) electrons. The van der Waals surface area contributed by atoms with E-state index in [1.807, 2.05) is 42.6 Å². The van der Waals surface area contributed by atoms with Gasteiger partial charge in [0.05, 0.1) is 17.6 Å². The average molecular weight is 279 g/mol. The molecule has 3 aromatic rings. The second kappa shape index (κ2) is 6.28. The number of nitrogens with one attached hydrogen (secondary N) is 1. The highest BCUT2D eigenvalue weighted by molar-refractivity contribution is 5.28. The fourth-order valence-corrected chi connectivity index (χ4v) is 2.07. The zero-order valence-corrected chi connectivity index (χ0v) is 11.8. The van der Waals surface area contributed by atoms with E-state index in [0.717, 1.165) is 16.9 Å². The predicted octanol–water partition coefficient (Wildman–Crippen LogP) is 2.51. The number of nitrogens with zero attached hydrogens (tertiary/aromatic N) is 4. The number of aromatic nitrogens is 4. The Labute approximate surface area is 123 Å². The molecule has 0 fully saturated rings. The molecule has 1 aromatic carbocycles. The summed E-state index contributed by atoms with van der Waals surface area (Å²) in [6.45, 7) is 2.78. The molecule has 0 saturated heterocycles. The Bertz CT molecular complexity index is 678. The van der Waals surface area contributed by atoms with Crippen LogP contribution < -0.4 is 5.32 Å². The molecule has 1 unspecified atom stereocenters. The SMILES string of the molecule is CC(NCc1cnn(-c2ccccc2)n1)c1cccnc1. The van der Waals surface area contributed by atoms with Crippen LogP contribution in [0.4, 0.5) is 0 Å². The van der Waals surface area contributed by atoms with Crippen LogP contribution in [0.2, 0.25) is 0 Å². The Morgan fingerprint density at radius 1 is 1.10 bits per heavy atom. The summed E-state index contributed by atoms with van der Waals surface area (Å²) in [6, 6.07) is 14.1. The van der Waals surface area contributed by atoms with Crippen molar-refractivity contribution in [2.45, 2.75) is 19.5 Å². The second-order valence-corrected chi connectivity index (χ2v) is 4.85. The van der Waals surface area contributed by atoms with Gasteiger partial charge in [-0.2, -0.15) is 15.0 Å². The first-order valence-corrected chi connectivity index (χ1v) is 6.93. The lowest BCUT2D eigenvalue weighted by molar-refractivity contribution is 0.562. The van der Waals surface area contributed by atoms with Crippen molar-refractivity contribution in [1.82, 2.24) is 25.3 Å². The molecule has 0 bridgehead atoms. The van der Waals surface area contributed by atoms with Gasteiger partial charge in [-0.15, -0.1) is 0 Å². The van der Waals surface area contributed by atoms with Crippen molar-refractivity contribution >= 4 is 0 Å². The summed E-state index contributed by atoms with van der Waals surface area (Å²) in [6.07, 6.45) is 5.44. The largest absolute Gasteiger partial charge is 0.304 e. The van der Waals surface area contributed by atoms with Crippen LogP contribution in [0.15, 0.2) is 61.1 Å². The van der Waals surface area contributed by atoms with E-state index in [1.165, 1.54) is 0 Å². The quantitative estimate of drug-likeness (QED) is 0.779. The van der Waals surface area contributed by atoms with Crippen molar-refractivity contribution in [2.75, 3.05) is 0 Å². The van der Waals surface area contributed by atoms with Crippen molar-refractivity contribution < 1.29 is 0 Å². The molecule has 0 saturated carbocycles. The molecule has 106 valence electrons. The maximum atomic E-state index is 4.47. The molecule has 0 amide bonds. The summed E-state index contributed by atoms with van der Waals surface area (Å²) < 4.78 is 0. The maximum Gasteiger partial charge on any atom is 0.0969 e. The monoisotopic (exact) mass is 279 g/mol. The molecule has 5 heteroatoms. The van der Waals surface area contributed by atoms with Gasteiger partial charge in [0.2, 0.25) is 0 Å². The normalized spacial score (nSPS) is 12.2. The summed E-state index contributed by atoms with van der Waals surface area (Å²) >= 11 is 0. The topological polar surface area (TPSA) is 55.6 Å². The third-order valence-corrected chi connectivity index (χ3v) is 3.30. The summed E-state index contributed by atoms with van der Waals surface area (Å²) in [5.74, 6) is 0. The highest BCUT2D eigenvalue weighted by atomic mass is 15.5. The van der Waals surface area contributed by atoms with Gasteiger partial charge in [-0.25, -0.2) is 0 Å². The van der Waals surface area contributed by atoms with Gasteiger partial charge in [-0.3, -0.25) is 4.98 Å². The lowest BCUT2D eigenvalue weighted by Gasteiger charge is -2.12. The third-order valence-electron chi connectivity index (χ3n) is 3.30. The minimum absolute atomic E-state index is 0.223. The van der Waals surface area contributed by atoms with Gasteiger partial charge < -0.3 is 5.32 Å². The highest BCUT2D eigenvalue weighted by Gasteiger charge is 2.07. The number of pyridine rings is 1. The summed E-state index contributed by atoms with van der Waals surface area (Å²) in [5, 5.41) is 12.2. The van der Waals surface area contributed by atoms with Crippen molar-refractivity contribution in [1.29, 1.82) is 0 Å². The number of benzene rings is 1. The molecule has 21 heavy (non-hydrogen) atoms. The third kappa shape index (κ3) is 3.32. The fraction of sp³-hybridized carbons (Fsp3) is 0.188. The summed E-state index contributed by atoms with van der Waals surface area (Å²) in [4.78, 5) is 5.78. The Kier molecular flexibility index (Phi) is 4.02. The minimum atomic E-state index is 0.223. The maximum absolute atomic E-state index is 4.47. The zero-order chi connectivity index (χ0) is 14.5. The highest BCUT2D eigenvalue weighted by Crippen LogP contribution is 2.11. The van der Waals surface area contributed by atoms with Crippen molar-refractivity contribution in [2.24, 2.45) is 0 Å². The Balaban J connectivity index is 1.63. The van der Waals surface area contributed by atoms with E-state index in [1.54, 1.807) is 17.2 Å². The van der Waals surface area contributed by atoms with Gasteiger partial charge >= 0.3 is 0 Å². The van der Waals surface area contributed by atoms with Gasteiger partial charge in [0.25, 0.3) is 0 Å². The Hall–Kier alpha value is -2.53. The molecule has 0 aliphatic carbocycles. The van der Waals surface area contributed by atoms with Crippen LogP contribution in [-0.2, 0) is 6.54 Å². The first-order valence-electron chi connectivity index (χ1n) is 6.93. The lowest BCUT2D eigenvalue weighted by atomic mass is 10.1. The van der Waals surface area contributed by atoms with E-state index in [2.05, 4.69) is 33.5 Å². The van der Waals surface area contributed by atoms with E-state index >= 15 is 0 Å². The molecular formula is C16H17N5. The molecule has 5 nitrogen and oxygen atoms in total. The first kappa shape index (κ1) is 13.5. The lowest BCUT2D eigenvalue weighted by Crippen LogP contribution is -2.18.